The van der Waals surface area contributed by atoms with Crippen LogP contribution in [0, 0.1) is 0 Å². The van der Waals surface area contributed by atoms with Gasteiger partial charge in [-0.1, -0.05) is 5.11 Å². The van der Waals surface area contributed by atoms with Crippen LogP contribution in [-0.4, -0.2) is 30.6 Å². The Bertz CT molecular complexity index is 402. The van der Waals surface area contributed by atoms with Crippen LogP contribution < -0.4 is 5.32 Å². The summed E-state index contributed by atoms with van der Waals surface area (Å²) in [4.78, 5) is 18.5. The first-order valence-electron chi connectivity index (χ1n) is 5.58. The molecule has 0 spiro atoms. The Labute approximate surface area is 109 Å². The van der Waals surface area contributed by atoms with Crippen LogP contribution in [0.1, 0.15) is 25.1 Å². The molecule has 0 aliphatic heterocycles. The van der Waals surface area contributed by atoms with Crippen LogP contribution in [0.2, 0.25) is 0 Å². The van der Waals surface area contributed by atoms with Gasteiger partial charge in [0, 0.05) is 16.8 Å². The summed E-state index contributed by atoms with van der Waals surface area (Å²) in [6.45, 7) is 3.05. The Morgan fingerprint density at radius 3 is 3.22 bits per heavy atom. The third-order valence-electron chi connectivity index (χ3n) is 2.12. The smallest absolute Gasteiger partial charge is 0.329 e. The maximum Gasteiger partial charge on any atom is 0.329 e. The fourth-order valence-electron chi connectivity index (χ4n) is 1.34. The number of carbonyl (C=O) groups excluding carboxylic acids is 1. The molecule has 1 atom stereocenters. The topological polar surface area (TPSA) is 100.0 Å². The van der Waals surface area contributed by atoms with Crippen molar-refractivity contribution in [1.82, 2.24) is 10.3 Å². The van der Waals surface area contributed by atoms with Crippen molar-refractivity contribution >= 4 is 17.3 Å². The molecule has 0 saturated carbocycles. The van der Waals surface area contributed by atoms with E-state index in [9.17, 15) is 4.79 Å². The molecule has 8 heteroatoms. The zero-order chi connectivity index (χ0) is 13.2. The Kier molecular flexibility index (Phi) is 6.78. The van der Waals surface area contributed by atoms with Gasteiger partial charge in [-0.2, -0.15) is 0 Å². The monoisotopic (exact) mass is 269 g/mol. The summed E-state index contributed by atoms with van der Waals surface area (Å²) in [6.07, 6.45) is 0.657. The number of aromatic nitrogens is 1. The van der Waals surface area contributed by atoms with Crippen molar-refractivity contribution in [3.8, 4) is 0 Å². The van der Waals surface area contributed by atoms with Crippen LogP contribution in [-0.2, 0) is 9.53 Å². The third kappa shape index (κ3) is 4.70. The lowest BCUT2D eigenvalue weighted by molar-refractivity contribution is -0.145. The van der Waals surface area contributed by atoms with Crippen LogP contribution in [0.25, 0.3) is 10.4 Å². The van der Waals surface area contributed by atoms with Gasteiger partial charge in [-0.25, -0.2) is 9.78 Å². The number of carbonyl (C=O) groups is 1. The number of hydrogen-bond acceptors (Lipinski definition) is 6. The third-order valence-corrected chi connectivity index (χ3v) is 2.72. The van der Waals surface area contributed by atoms with E-state index in [-0.39, 0.29) is 5.97 Å². The first-order valence-corrected chi connectivity index (χ1v) is 6.52. The van der Waals surface area contributed by atoms with Crippen molar-refractivity contribution in [1.29, 1.82) is 0 Å². The molecule has 0 radical (unpaired) electrons. The molecule has 1 heterocycles. The number of thiazole rings is 1. The summed E-state index contributed by atoms with van der Waals surface area (Å²) < 4.78 is 4.99. The fourth-order valence-corrected chi connectivity index (χ4v) is 1.92. The molecule has 98 valence electrons. The molecule has 1 rings (SSSR count). The molecule has 0 amide bonds. The van der Waals surface area contributed by atoms with E-state index in [0.29, 0.717) is 31.8 Å². The van der Waals surface area contributed by atoms with Gasteiger partial charge in [-0.15, -0.1) is 11.3 Å². The molecule has 0 bridgehead atoms. The second kappa shape index (κ2) is 8.46. The number of rotatable bonds is 8. The van der Waals surface area contributed by atoms with Crippen LogP contribution in [0.15, 0.2) is 16.0 Å². The van der Waals surface area contributed by atoms with Gasteiger partial charge in [0.15, 0.2) is 0 Å². The lowest BCUT2D eigenvalue weighted by Crippen LogP contribution is -2.31. The van der Waals surface area contributed by atoms with Gasteiger partial charge >= 0.3 is 5.97 Å². The molecular weight excluding hydrogens is 254 g/mol. The SMILES string of the molecule is CCOC(=O)C(NCCCN=[N+]=[N-])c1cscn1. The van der Waals surface area contributed by atoms with Gasteiger partial charge in [-0.3, -0.25) is 5.32 Å². The van der Waals surface area contributed by atoms with E-state index in [4.69, 9.17) is 10.3 Å². The number of ether oxygens (including phenoxy) is 1. The summed E-state index contributed by atoms with van der Waals surface area (Å²) in [7, 11) is 0. The van der Waals surface area contributed by atoms with Crippen LogP contribution >= 0.6 is 11.3 Å². The van der Waals surface area contributed by atoms with Crippen molar-refractivity contribution in [2.24, 2.45) is 5.11 Å². The van der Waals surface area contributed by atoms with Crippen molar-refractivity contribution in [3.05, 3.63) is 27.0 Å². The quantitative estimate of drug-likeness (QED) is 0.256. The van der Waals surface area contributed by atoms with Gasteiger partial charge in [0.05, 0.1) is 17.8 Å². The number of hydrogen-bond donors (Lipinski definition) is 1. The lowest BCUT2D eigenvalue weighted by atomic mass is 10.2. The van der Waals surface area contributed by atoms with Crippen LogP contribution in [0.5, 0.6) is 0 Å². The van der Waals surface area contributed by atoms with Crippen LogP contribution in [0.3, 0.4) is 0 Å². The average molecular weight is 269 g/mol. The van der Waals surface area contributed by atoms with Crippen molar-refractivity contribution < 1.29 is 9.53 Å². The largest absolute Gasteiger partial charge is 0.465 e. The minimum atomic E-state index is -0.553. The highest BCUT2D eigenvalue weighted by molar-refractivity contribution is 7.07. The van der Waals surface area contributed by atoms with Crippen molar-refractivity contribution in [2.75, 3.05) is 19.7 Å². The maximum absolute atomic E-state index is 11.8. The minimum absolute atomic E-state index is 0.333. The van der Waals surface area contributed by atoms with E-state index in [1.807, 2.05) is 5.38 Å². The van der Waals surface area contributed by atoms with Crippen LogP contribution in [0.4, 0.5) is 0 Å². The summed E-state index contributed by atoms with van der Waals surface area (Å²) in [6, 6.07) is -0.553. The molecule has 1 unspecified atom stereocenters. The Balaban J connectivity index is 2.50. The number of azide groups is 1. The van der Waals surface area contributed by atoms with Gasteiger partial charge in [-0.05, 0) is 25.4 Å². The van der Waals surface area contributed by atoms with E-state index in [1.54, 1.807) is 12.4 Å². The molecular formula is C10H15N5O2S. The first kappa shape index (κ1) is 14.4. The van der Waals surface area contributed by atoms with E-state index >= 15 is 0 Å². The van der Waals surface area contributed by atoms with E-state index in [2.05, 4.69) is 20.3 Å². The van der Waals surface area contributed by atoms with Gasteiger partial charge in [0.1, 0.15) is 6.04 Å². The van der Waals surface area contributed by atoms with Crippen molar-refractivity contribution in [2.45, 2.75) is 19.4 Å². The molecule has 0 fully saturated rings. The predicted molar refractivity (Wildman–Crippen MR) is 68.1 cm³/mol. The van der Waals surface area contributed by atoms with Gasteiger partial charge < -0.3 is 4.74 Å². The standard InChI is InChI=1S/C10H15N5O2S/c1-2-17-10(16)9(8-6-18-7-13-8)12-4-3-5-14-15-11/h6-7,9,12H,2-5H2,1H3. The molecule has 0 aliphatic rings. The second-order valence-electron chi connectivity index (χ2n) is 3.36. The van der Waals surface area contributed by atoms with Gasteiger partial charge in [0.2, 0.25) is 0 Å². The number of nitrogens with one attached hydrogen (secondary N) is 1. The molecule has 0 aromatic carbocycles. The molecule has 1 N–H and O–H groups in total. The molecule has 0 saturated heterocycles. The molecule has 1 aromatic rings. The summed E-state index contributed by atoms with van der Waals surface area (Å²) in [5, 5.41) is 8.28. The predicted octanol–water partition coefficient (Wildman–Crippen LogP) is 2.04. The van der Waals surface area contributed by atoms with E-state index in [1.165, 1.54) is 11.3 Å². The highest BCUT2D eigenvalue weighted by Crippen LogP contribution is 2.14. The fraction of sp³-hybridized carbons (Fsp3) is 0.600. The molecule has 1 aromatic heterocycles. The molecule has 18 heavy (non-hydrogen) atoms. The second-order valence-corrected chi connectivity index (χ2v) is 4.08. The minimum Gasteiger partial charge on any atom is -0.465 e. The maximum atomic E-state index is 11.8. The Hall–Kier alpha value is -1.63. The summed E-state index contributed by atoms with van der Waals surface area (Å²) >= 11 is 1.43. The molecule has 0 aliphatic carbocycles. The van der Waals surface area contributed by atoms with E-state index < -0.39 is 6.04 Å². The number of nitrogens with zero attached hydrogens (tertiary/aromatic N) is 4. The van der Waals surface area contributed by atoms with Crippen molar-refractivity contribution in [3.63, 3.8) is 0 Å². The summed E-state index contributed by atoms with van der Waals surface area (Å²) in [5.74, 6) is -0.341. The Morgan fingerprint density at radius 2 is 2.61 bits per heavy atom. The Morgan fingerprint density at radius 1 is 1.78 bits per heavy atom. The normalized spacial score (nSPS) is 11.6. The molecule has 7 nitrogen and oxygen atoms in total. The van der Waals surface area contributed by atoms with Gasteiger partial charge in [0.25, 0.3) is 0 Å². The highest BCUT2D eigenvalue weighted by atomic mass is 32.1. The van der Waals surface area contributed by atoms with E-state index in [0.717, 1.165) is 0 Å². The average Bonchev–Trinajstić information content (AvgIpc) is 2.87. The summed E-state index contributed by atoms with van der Waals surface area (Å²) in [5.41, 5.74) is 10.5. The zero-order valence-electron chi connectivity index (χ0n) is 10.1. The zero-order valence-corrected chi connectivity index (χ0v) is 10.9. The number of esters is 1. The first-order chi connectivity index (χ1) is 8.79. The lowest BCUT2D eigenvalue weighted by Gasteiger charge is -2.14. The highest BCUT2D eigenvalue weighted by Gasteiger charge is 2.22.